The van der Waals surface area contributed by atoms with Crippen molar-refractivity contribution in [3.63, 3.8) is 0 Å². The Hall–Kier alpha value is -0.0200. The molecule has 1 aliphatic heterocycles. The number of allylic oxidation sites excluding steroid dienone is 1. The lowest BCUT2D eigenvalue weighted by molar-refractivity contribution is 0.539. The summed E-state index contributed by atoms with van der Waals surface area (Å²) in [5, 5.41) is 0. The van der Waals surface area contributed by atoms with E-state index >= 15 is 0 Å². The van der Waals surface area contributed by atoms with Crippen LogP contribution in [0.5, 0.6) is 0 Å². The first kappa shape index (κ1) is 11.1. The van der Waals surface area contributed by atoms with Gasteiger partial charge in [-0.05, 0) is 26.7 Å². The summed E-state index contributed by atoms with van der Waals surface area (Å²) in [5.41, 5.74) is 1.37. The van der Waals surface area contributed by atoms with Crippen LogP contribution < -0.4 is 0 Å². The fourth-order valence-corrected chi connectivity index (χ4v) is 2.58. The first-order valence-electron chi connectivity index (χ1n) is 4.75. The SMILES string of the molecule is CC(C)=CCSC(=S)N1CCCC1. The highest BCUT2D eigenvalue weighted by Gasteiger charge is 2.13. The molecule has 0 N–H and O–H groups in total. The van der Waals surface area contributed by atoms with Crippen LogP contribution in [-0.2, 0) is 0 Å². The predicted octanol–water partition coefficient (Wildman–Crippen LogP) is 3.07. The molecule has 1 rings (SSSR count). The van der Waals surface area contributed by atoms with Gasteiger partial charge in [0, 0.05) is 18.8 Å². The van der Waals surface area contributed by atoms with Crippen molar-refractivity contribution in [2.45, 2.75) is 26.7 Å². The van der Waals surface area contributed by atoms with Crippen LogP contribution in [0.4, 0.5) is 0 Å². The van der Waals surface area contributed by atoms with E-state index in [4.69, 9.17) is 12.2 Å². The van der Waals surface area contributed by atoms with E-state index in [2.05, 4.69) is 24.8 Å². The second-order valence-corrected chi connectivity index (χ2v) is 5.21. The van der Waals surface area contributed by atoms with E-state index in [-0.39, 0.29) is 0 Å². The van der Waals surface area contributed by atoms with Crippen LogP contribution in [0.25, 0.3) is 0 Å². The van der Waals surface area contributed by atoms with E-state index in [0.29, 0.717) is 0 Å². The minimum absolute atomic E-state index is 1.03. The third kappa shape index (κ3) is 4.14. The summed E-state index contributed by atoms with van der Waals surface area (Å²) in [7, 11) is 0. The highest BCUT2D eigenvalue weighted by atomic mass is 32.2. The summed E-state index contributed by atoms with van der Waals surface area (Å²) in [5.74, 6) is 1.03. The molecule has 0 atom stereocenters. The monoisotopic (exact) mass is 215 g/mol. The Morgan fingerprint density at radius 1 is 1.38 bits per heavy atom. The average Bonchev–Trinajstić information content (AvgIpc) is 2.55. The van der Waals surface area contributed by atoms with E-state index < -0.39 is 0 Å². The Kier molecular flexibility index (Phi) is 4.81. The van der Waals surface area contributed by atoms with Gasteiger partial charge in [-0.1, -0.05) is 35.6 Å². The molecule has 0 aromatic rings. The summed E-state index contributed by atoms with van der Waals surface area (Å²) in [6.45, 7) is 6.58. The van der Waals surface area contributed by atoms with Crippen molar-refractivity contribution in [1.29, 1.82) is 0 Å². The zero-order valence-electron chi connectivity index (χ0n) is 8.38. The van der Waals surface area contributed by atoms with Gasteiger partial charge in [0.25, 0.3) is 0 Å². The van der Waals surface area contributed by atoms with E-state index in [1.807, 2.05) is 0 Å². The van der Waals surface area contributed by atoms with Crippen molar-refractivity contribution >= 4 is 28.3 Å². The maximum Gasteiger partial charge on any atom is 0.136 e. The van der Waals surface area contributed by atoms with Crippen molar-refractivity contribution in [1.82, 2.24) is 4.90 Å². The highest BCUT2D eigenvalue weighted by Crippen LogP contribution is 2.16. The van der Waals surface area contributed by atoms with Crippen molar-refractivity contribution in [2.24, 2.45) is 0 Å². The lowest BCUT2D eigenvalue weighted by Gasteiger charge is -2.16. The van der Waals surface area contributed by atoms with Gasteiger partial charge in [0.05, 0.1) is 0 Å². The number of likely N-dealkylation sites (tertiary alicyclic amines) is 1. The maximum absolute atomic E-state index is 5.33. The van der Waals surface area contributed by atoms with Gasteiger partial charge in [-0.25, -0.2) is 0 Å². The Balaban J connectivity index is 2.21. The molecule has 1 fully saturated rings. The first-order valence-corrected chi connectivity index (χ1v) is 6.14. The third-order valence-corrected chi connectivity index (χ3v) is 3.51. The molecule has 0 bridgehead atoms. The average molecular weight is 215 g/mol. The van der Waals surface area contributed by atoms with Gasteiger partial charge in [0.1, 0.15) is 4.32 Å². The van der Waals surface area contributed by atoms with Crippen LogP contribution in [-0.4, -0.2) is 28.1 Å². The van der Waals surface area contributed by atoms with Crippen molar-refractivity contribution in [3.8, 4) is 0 Å². The standard InChI is InChI=1S/C10H17NS2/c1-9(2)5-8-13-10(12)11-6-3-4-7-11/h5H,3-4,6-8H2,1-2H3. The second-order valence-electron chi connectivity index (χ2n) is 3.55. The predicted molar refractivity (Wildman–Crippen MR) is 65.3 cm³/mol. The van der Waals surface area contributed by atoms with Gasteiger partial charge < -0.3 is 4.90 Å². The minimum Gasteiger partial charge on any atom is -0.358 e. The molecule has 0 saturated carbocycles. The molecule has 1 nitrogen and oxygen atoms in total. The molecular weight excluding hydrogens is 198 g/mol. The van der Waals surface area contributed by atoms with E-state index in [1.54, 1.807) is 11.8 Å². The van der Waals surface area contributed by atoms with E-state index in [0.717, 1.165) is 10.1 Å². The molecule has 0 spiro atoms. The molecule has 74 valence electrons. The molecule has 1 saturated heterocycles. The largest absolute Gasteiger partial charge is 0.358 e. The second kappa shape index (κ2) is 5.66. The summed E-state index contributed by atoms with van der Waals surface area (Å²) < 4.78 is 1.08. The number of thioether (sulfide) groups is 1. The van der Waals surface area contributed by atoms with Crippen LogP contribution in [0, 0.1) is 0 Å². The number of nitrogens with zero attached hydrogens (tertiary/aromatic N) is 1. The van der Waals surface area contributed by atoms with Gasteiger partial charge >= 0.3 is 0 Å². The molecule has 0 amide bonds. The number of hydrogen-bond donors (Lipinski definition) is 0. The van der Waals surface area contributed by atoms with Gasteiger partial charge in [-0.3, -0.25) is 0 Å². The quantitative estimate of drug-likeness (QED) is 0.515. The zero-order chi connectivity index (χ0) is 9.68. The fraction of sp³-hybridized carbons (Fsp3) is 0.700. The molecule has 1 heterocycles. The fourth-order valence-electron chi connectivity index (χ4n) is 1.27. The number of rotatable bonds is 2. The summed E-state index contributed by atoms with van der Waals surface area (Å²) in [6.07, 6.45) is 4.85. The van der Waals surface area contributed by atoms with Crippen molar-refractivity contribution in [2.75, 3.05) is 18.8 Å². The lowest BCUT2D eigenvalue weighted by Crippen LogP contribution is -2.23. The van der Waals surface area contributed by atoms with Crippen LogP contribution in [0.1, 0.15) is 26.7 Å². The Morgan fingerprint density at radius 2 is 2.00 bits per heavy atom. The van der Waals surface area contributed by atoms with Crippen molar-refractivity contribution < 1.29 is 0 Å². The lowest BCUT2D eigenvalue weighted by atomic mass is 10.3. The van der Waals surface area contributed by atoms with Crippen LogP contribution in [0.3, 0.4) is 0 Å². The van der Waals surface area contributed by atoms with Gasteiger partial charge in [0.15, 0.2) is 0 Å². The molecule has 1 aliphatic rings. The highest BCUT2D eigenvalue weighted by molar-refractivity contribution is 8.23. The number of hydrogen-bond acceptors (Lipinski definition) is 2. The molecular formula is C10H17NS2. The molecule has 0 aromatic carbocycles. The van der Waals surface area contributed by atoms with E-state index in [9.17, 15) is 0 Å². The van der Waals surface area contributed by atoms with Crippen LogP contribution in [0.2, 0.25) is 0 Å². The molecule has 0 aliphatic carbocycles. The first-order chi connectivity index (χ1) is 6.20. The molecule has 13 heavy (non-hydrogen) atoms. The minimum atomic E-state index is 1.03. The molecule has 0 unspecified atom stereocenters. The van der Waals surface area contributed by atoms with E-state index in [1.165, 1.54) is 31.5 Å². The topological polar surface area (TPSA) is 3.24 Å². The van der Waals surface area contributed by atoms with Crippen LogP contribution in [0.15, 0.2) is 11.6 Å². The Morgan fingerprint density at radius 3 is 2.54 bits per heavy atom. The summed E-state index contributed by atoms with van der Waals surface area (Å²) in [6, 6.07) is 0. The zero-order valence-corrected chi connectivity index (χ0v) is 10.0. The normalized spacial score (nSPS) is 16.0. The summed E-state index contributed by atoms with van der Waals surface area (Å²) in [4.78, 5) is 2.32. The summed E-state index contributed by atoms with van der Waals surface area (Å²) >= 11 is 7.11. The molecule has 0 aromatic heterocycles. The third-order valence-electron chi connectivity index (χ3n) is 2.06. The Labute approximate surface area is 90.6 Å². The Bertz CT molecular complexity index is 201. The van der Waals surface area contributed by atoms with Crippen molar-refractivity contribution in [3.05, 3.63) is 11.6 Å². The molecule has 0 radical (unpaired) electrons. The van der Waals surface area contributed by atoms with Gasteiger partial charge in [-0.15, -0.1) is 0 Å². The maximum atomic E-state index is 5.33. The van der Waals surface area contributed by atoms with Gasteiger partial charge in [-0.2, -0.15) is 0 Å². The van der Waals surface area contributed by atoms with Crippen LogP contribution >= 0.6 is 24.0 Å². The van der Waals surface area contributed by atoms with Gasteiger partial charge in [0.2, 0.25) is 0 Å². The number of thiocarbonyl (C=S) groups is 1. The molecule has 3 heteroatoms. The smallest absolute Gasteiger partial charge is 0.136 e.